The maximum absolute atomic E-state index is 8.35. The number of rotatable bonds is 4. The number of hydrogen-bond acceptors (Lipinski definition) is 4. The SMILES string of the molecule is C=CC(=C)C(=C)CCC.N=C=O.N=C=O. The van der Waals surface area contributed by atoms with Gasteiger partial charge in [0.05, 0.1) is 0 Å². The highest BCUT2D eigenvalue weighted by Gasteiger charge is 1.91. The molecule has 15 heavy (non-hydrogen) atoms. The Bertz CT molecular complexity index is 256. The lowest BCUT2D eigenvalue weighted by Gasteiger charge is -2.00. The minimum atomic E-state index is 0.750. The van der Waals surface area contributed by atoms with Gasteiger partial charge in [-0.15, -0.1) is 0 Å². The molecule has 0 saturated heterocycles. The molecule has 4 nitrogen and oxygen atoms in total. The highest BCUT2D eigenvalue weighted by atomic mass is 16.1. The van der Waals surface area contributed by atoms with Crippen molar-refractivity contribution in [1.29, 1.82) is 10.8 Å². The molecule has 0 spiro atoms. The summed E-state index contributed by atoms with van der Waals surface area (Å²) in [5.74, 6) is 0. The van der Waals surface area contributed by atoms with E-state index < -0.39 is 0 Å². The second kappa shape index (κ2) is 17.9. The standard InChI is InChI=1S/C9H14.2CHNO/c1-5-7-9(4)8(3)6-2;2*2-1-3/h6H,2-5,7H2,1H3;2*2H. The van der Waals surface area contributed by atoms with E-state index in [-0.39, 0.29) is 0 Å². The lowest BCUT2D eigenvalue weighted by atomic mass is 10.1. The van der Waals surface area contributed by atoms with Gasteiger partial charge in [-0.25, -0.2) is 20.4 Å². The van der Waals surface area contributed by atoms with Crippen molar-refractivity contribution in [2.45, 2.75) is 19.8 Å². The number of hydrogen-bond donors (Lipinski definition) is 2. The van der Waals surface area contributed by atoms with Crippen molar-refractivity contribution in [2.24, 2.45) is 0 Å². The molecule has 0 aliphatic rings. The van der Waals surface area contributed by atoms with E-state index in [1.807, 2.05) is 0 Å². The van der Waals surface area contributed by atoms with E-state index in [9.17, 15) is 0 Å². The second-order valence-corrected chi connectivity index (χ2v) is 2.29. The van der Waals surface area contributed by atoms with Crippen molar-refractivity contribution in [1.82, 2.24) is 0 Å². The largest absolute Gasteiger partial charge is 0.231 e. The maximum Gasteiger partial charge on any atom is 0.231 e. The Morgan fingerprint density at radius 1 is 1.27 bits per heavy atom. The predicted molar refractivity (Wildman–Crippen MR) is 60.2 cm³/mol. The molecule has 0 fully saturated rings. The third kappa shape index (κ3) is 24.5. The molecule has 0 aromatic heterocycles. The molecule has 0 aromatic carbocycles. The minimum Gasteiger partial charge on any atom is -0.222 e. The first-order valence-electron chi connectivity index (χ1n) is 4.12. The Morgan fingerprint density at radius 3 is 1.80 bits per heavy atom. The average molecular weight is 208 g/mol. The van der Waals surface area contributed by atoms with Crippen molar-refractivity contribution in [3.05, 3.63) is 37.0 Å². The zero-order chi connectivity index (χ0) is 12.7. The summed E-state index contributed by atoms with van der Waals surface area (Å²) >= 11 is 0. The van der Waals surface area contributed by atoms with E-state index in [1.165, 1.54) is 0 Å². The Hall–Kier alpha value is -2.02. The van der Waals surface area contributed by atoms with E-state index in [0.717, 1.165) is 36.1 Å². The first-order chi connectivity index (χ1) is 7.05. The highest BCUT2D eigenvalue weighted by molar-refractivity contribution is 5.33. The summed E-state index contributed by atoms with van der Waals surface area (Å²) in [5.41, 5.74) is 2.07. The highest BCUT2D eigenvalue weighted by Crippen LogP contribution is 2.11. The second-order valence-electron chi connectivity index (χ2n) is 2.29. The van der Waals surface area contributed by atoms with E-state index in [2.05, 4.69) is 26.7 Å². The summed E-state index contributed by atoms with van der Waals surface area (Å²) in [4.78, 5) is 16.7. The Kier molecular flexibility index (Phi) is 22.3. The van der Waals surface area contributed by atoms with Gasteiger partial charge in [-0.2, -0.15) is 0 Å². The molecule has 2 N–H and O–H groups in total. The molecule has 0 heterocycles. The normalized spacial score (nSPS) is 6.20. The molecule has 0 aliphatic carbocycles. The third-order valence-electron chi connectivity index (χ3n) is 1.25. The van der Waals surface area contributed by atoms with Gasteiger partial charge in [0.1, 0.15) is 0 Å². The fourth-order valence-corrected chi connectivity index (χ4v) is 0.607. The molecule has 0 atom stereocenters. The Morgan fingerprint density at radius 2 is 1.60 bits per heavy atom. The van der Waals surface area contributed by atoms with Crippen molar-refractivity contribution in [3.63, 3.8) is 0 Å². The van der Waals surface area contributed by atoms with Crippen LogP contribution in [0.4, 0.5) is 0 Å². The molecule has 0 bridgehead atoms. The summed E-state index contributed by atoms with van der Waals surface area (Å²) in [7, 11) is 0. The molecule has 82 valence electrons. The van der Waals surface area contributed by atoms with Gasteiger partial charge >= 0.3 is 0 Å². The maximum atomic E-state index is 8.35. The van der Waals surface area contributed by atoms with E-state index in [4.69, 9.17) is 20.4 Å². The molecule has 0 aliphatic heterocycles. The fourth-order valence-electron chi connectivity index (χ4n) is 0.607. The lowest BCUT2D eigenvalue weighted by Crippen LogP contribution is -1.80. The molecule has 0 amide bonds. The van der Waals surface area contributed by atoms with Crippen LogP contribution in [-0.2, 0) is 9.59 Å². The molecule has 0 radical (unpaired) electrons. The summed E-state index contributed by atoms with van der Waals surface area (Å²) in [6.07, 6.45) is 5.41. The smallest absolute Gasteiger partial charge is 0.222 e. The summed E-state index contributed by atoms with van der Waals surface area (Å²) in [5, 5.41) is 10.8. The lowest BCUT2D eigenvalue weighted by molar-refractivity contribution is 0.562. The number of allylic oxidation sites excluding steroid dienone is 3. The van der Waals surface area contributed by atoms with Crippen LogP contribution in [-0.4, -0.2) is 12.2 Å². The van der Waals surface area contributed by atoms with Crippen molar-refractivity contribution < 1.29 is 9.59 Å². The zero-order valence-electron chi connectivity index (χ0n) is 8.93. The molecular weight excluding hydrogens is 192 g/mol. The molecule has 0 unspecified atom stereocenters. The Balaban J connectivity index is -0.000000200. The predicted octanol–water partition coefficient (Wildman–Crippen LogP) is 2.89. The Labute approximate surface area is 90.0 Å². The monoisotopic (exact) mass is 208 g/mol. The first kappa shape index (κ1) is 18.7. The van der Waals surface area contributed by atoms with Crippen LogP contribution in [0.3, 0.4) is 0 Å². The van der Waals surface area contributed by atoms with Gasteiger partial charge in [-0.3, -0.25) is 0 Å². The minimum absolute atomic E-state index is 0.750. The van der Waals surface area contributed by atoms with Crippen LogP contribution in [0.15, 0.2) is 37.0 Å². The molecule has 0 saturated carbocycles. The zero-order valence-corrected chi connectivity index (χ0v) is 8.93. The van der Waals surface area contributed by atoms with Gasteiger partial charge in [0.15, 0.2) is 0 Å². The van der Waals surface area contributed by atoms with Crippen LogP contribution in [0, 0.1) is 10.8 Å². The fraction of sp³-hybridized carbons (Fsp3) is 0.273. The number of isocyanates is 2. The van der Waals surface area contributed by atoms with Crippen LogP contribution < -0.4 is 0 Å². The molecule has 0 rings (SSSR count). The van der Waals surface area contributed by atoms with Gasteiger partial charge in [-0.1, -0.05) is 39.2 Å². The van der Waals surface area contributed by atoms with E-state index in [0.29, 0.717) is 0 Å². The molecule has 0 aromatic rings. The van der Waals surface area contributed by atoms with E-state index in [1.54, 1.807) is 6.08 Å². The van der Waals surface area contributed by atoms with Crippen LogP contribution in [0.5, 0.6) is 0 Å². The van der Waals surface area contributed by atoms with Crippen molar-refractivity contribution in [2.75, 3.05) is 0 Å². The summed E-state index contributed by atoms with van der Waals surface area (Å²) < 4.78 is 0. The van der Waals surface area contributed by atoms with Crippen molar-refractivity contribution >= 4 is 12.2 Å². The van der Waals surface area contributed by atoms with Gasteiger partial charge in [0.2, 0.25) is 12.2 Å². The topological polar surface area (TPSA) is 81.8 Å². The first-order valence-corrected chi connectivity index (χ1v) is 4.12. The van der Waals surface area contributed by atoms with Crippen LogP contribution in [0.2, 0.25) is 0 Å². The number of carbonyl (C=O) groups excluding carboxylic acids is 2. The van der Waals surface area contributed by atoms with Gasteiger partial charge in [-0.05, 0) is 17.6 Å². The average Bonchev–Trinajstić information content (AvgIpc) is 2.19. The number of nitrogens with one attached hydrogen (secondary N) is 2. The van der Waals surface area contributed by atoms with E-state index >= 15 is 0 Å². The van der Waals surface area contributed by atoms with Gasteiger partial charge in [0, 0.05) is 0 Å². The van der Waals surface area contributed by atoms with Crippen LogP contribution in [0.25, 0.3) is 0 Å². The summed E-state index contributed by atoms with van der Waals surface area (Å²) in [6, 6.07) is 0. The third-order valence-corrected chi connectivity index (χ3v) is 1.25. The van der Waals surface area contributed by atoms with Crippen LogP contribution in [0.1, 0.15) is 19.8 Å². The quantitative estimate of drug-likeness (QED) is 0.423. The van der Waals surface area contributed by atoms with Crippen LogP contribution >= 0.6 is 0 Å². The molecule has 4 heteroatoms. The van der Waals surface area contributed by atoms with Gasteiger partial charge in [0.25, 0.3) is 0 Å². The van der Waals surface area contributed by atoms with Gasteiger partial charge < -0.3 is 0 Å². The molecular formula is C11H16N2O2. The summed E-state index contributed by atoms with van der Waals surface area (Å²) in [6.45, 7) is 13.3. The van der Waals surface area contributed by atoms with Crippen molar-refractivity contribution in [3.8, 4) is 0 Å².